The van der Waals surface area contributed by atoms with Gasteiger partial charge in [0.2, 0.25) is 0 Å². The highest BCUT2D eigenvalue weighted by molar-refractivity contribution is 6.23. The minimum absolute atomic E-state index is 0.179. The standard InChI is InChI=1S/C57H38/c1-57(2)55-42(24-13-25-51(55)54-45-18-7-5-16-43(45)44-17-6-12-23-50(44)56(54)57)36-26-29-37(30-27-36)52-46-19-8-10-21-48(46)53(49-22-11-9-20-47(49)52)39-32-33-41-38(34-39)31-28-35-14-3-4-15-40(35)41/h3-34H,1-2H3. The molecule has 0 atom stereocenters. The Kier molecular flexibility index (Phi) is 6.78. The molecule has 266 valence electrons. The van der Waals surface area contributed by atoms with Crippen LogP contribution in [0.3, 0.4) is 0 Å². The monoisotopic (exact) mass is 722 g/mol. The van der Waals surface area contributed by atoms with Crippen molar-refractivity contribution < 1.29 is 0 Å². The van der Waals surface area contributed by atoms with Gasteiger partial charge in [-0.15, -0.1) is 0 Å². The fourth-order valence-electron chi connectivity index (χ4n) is 10.6. The Morgan fingerprint density at radius 1 is 0.263 bits per heavy atom. The van der Waals surface area contributed by atoms with E-state index in [4.69, 9.17) is 0 Å². The second-order valence-electron chi connectivity index (χ2n) is 16.3. The molecule has 0 N–H and O–H groups in total. The molecular weight excluding hydrogens is 685 g/mol. The van der Waals surface area contributed by atoms with Crippen molar-refractivity contribution in [2.45, 2.75) is 19.3 Å². The van der Waals surface area contributed by atoms with E-state index in [1.807, 2.05) is 0 Å². The zero-order valence-electron chi connectivity index (χ0n) is 32.0. The average Bonchev–Trinajstić information content (AvgIpc) is 3.52. The van der Waals surface area contributed by atoms with Crippen LogP contribution in [0.15, 0.2) is 194 Å². The van der Waals surface area contributed by atoms with E-state index in [9.17, 15) is 0 Å². The zero-order valence-corrected chi connectivity index (χ0v) is 32.0. The van der Waals surface area contributed by atoms with Crippen LogP contribution in [-0.4, -0.2) is 0 Å². The third-order valence-electron chi connectivity index (χ3n) is 13.0. The molecular formula is C57H38. The molecule has 11 aromatic rings. The maximum Gasteiger partial charge on any atom is 0.0171 e. The van der Waals surface area contributed by atoms with Crippen molar-refractivity contribution >= 4 is 64.6 Å². The molecule has 0 nitrogen and oxygen atoms in total. The van der Waals surface area contributed by atoms with Gasteiger partial charge in [0.25, 0.3) is 0 Å². The number of hydrogen-bond donors (Lipinski definition) is 0. The third kappa shape index (κ3) is 4.56. The second kappa shape index (κ2) is 12.0. The van der Waals surface area contributed by atoms with Crippen molar-refractivity contribution in [3.05, 3.63) is 205 Å². The Labute approximate surface area is 332 Å². The molecule has 0 saturated heterocycles. The van der Waals surface area contributed by atoms with Crippen LogP contribution in [0, 0.1) is 0 Å². The zero-order chi connectivity index (χ0) is 37.8. The highest BCUT2D eigenvalue weighted by atomic mass is 14.4. The van der Waals surface area contributed by atoms with Crippen LogP contribution in [-0.2, 0) is 5.41 Å². The lowest BCUT2D eigenvalue weighted by molar-refractivity contribution is 0.668. The molecule has 0 bridgehead atoms. The first-order chi connectivity index (χ1) is 28.1. The van der Waals surface area contributed by atoms with E-state index in [0.717, 1.165) is 0 Å². The van der Waals surface area contributed by atoms with Gasteiger partial charge in [0.1, 0.15) is 0 Å². The van der Waals surface area contributed by atoms with Crippen LogP contribution in [0.2, 0.25) is 0 Å². The minimum Gasteiger partial charge on any atom is -0.0616 e. The maximum atomic E-state index is 2.42. The van der Waals surface area contributed by atoms with Crippen molar-refractivity contribution in [3.63, 3.8) is 0 Å². The Morgan fingerprint density at radius 2 is 0.702 bits per heavy atom. The van der Waals surface area contributed by atoms with Gasteiger partial charge in [-0.05, 0) is 126 Å². The normalized spacial score (nSPS) is 13.2. The van der Waals surface area contributed by atoms with Crippen LogP contribution in [0.1, 0.15) is 25.0 Å². The third-order valence-corrected chi connectivity index (χ3v) is 13.0. The summed E-state index contributed by atoms with van der Waals surface area (Å²) >= 11 is 0. The predicted molar refractivity (Wildman–Crippen MR) is 245 cm³/mol. The first-order valence-electron chi connectivity index (χ1n) is 20.1. The van der Waals surface area contributed by atoms with Gasteiger partial charge in [-0.3, -0.25) is 0 Å². The smallest absolute Gasteiger partial charge is 0.0171 e. The van der Waals surface area contributed by atoms with Crippen LogP contribution >= 0.6 is 0 Å². The summed E-state index contributed by atoms with van der Waals surface area (Å²) in [5, 5.41) is 15.6. The molecule has 0 heterocycles. The van der Waals surface area contributed by atoms with Gasteiger partial charge in [0, 0.05) is 5.41 Å². The summed E-state index contributed by atoms with van der Waals surface area (Å²) in [5.41, 5.74) is 13.0. The molecule has 0 aliphatic heterocycles. The van der Waals surface area contributed by atoms with E-state index in [0.29, 0.717) is 0 Å². The minimum atomic E-state index is -0.179. The van der Waals surface area contributed by atoms with Gasteiger partial charge in [-0.25, -0.2) is 0 Å². The molecule has 0 radical (unpaired) electrons. The number of fused-ring (bicyclic) bond motifs is 13. The van der Waals surface area contributed by atoms with Gasteiger partial charge >= 0.3 is 0 Å². The molecule has 1 aliphatic carbocycles. The van der Waals surface area contributed by atoms with E-state index < -0.39 is 0 Å². The number of rotatable bonds is 3. The number of hydrogen-bond acceptors (Lipinski definition) is 0. The highest BCUT2D eigenvalue weighted by Gasteiger charge is 2.40. The lowest BCUT2D eigenvalue weighted by atomic mass is 9.76. The van der Waals surface area contributed by atoms with Crippen molar-refractivity contribution in [3.8, 4) is 44.5 Å². The van der Waals surface area contributed by atoms with E-state index in [1.54, 1.807) is 0 Å². The summed E-state index contributed by atoms with van der Waals surface area (Å²) in [7, 11) is 0. The van der Waals surface area contributed by atoms with Crippen molar-refractivity contribution in [1.82, 2.24) is 0 Å². The van der Waals surface area contributed by atoms with E-state index in [-0.39, 0.29) is 5.41 Å². The van der Waals surface area contributed by atoms with Crippen molar-refractivity contribution in [2.75, 3.05) is 0 Å². The fourth-order valence-corrected chi connectivity index (χ4v) is 10.6. The molecule has 0 aromatic heterocycles. The van der Waals surface area contributed by atoms with Crippen LogP contribution in [0.5, 0.6) is 0 Å². The van der Waals surface area contributed by atoms with E-state index >= 15 is 0 Å². The Hall–Kier alpha value is -7.02. The van der Waals surface area contributed by atoms with Gasteiger partial charge in [-0.1, -0.05) is 202 Å². The molecule has 11 aromatic carbocycles. The SMILES string of the molecule is CC1(C)c2c(-c3ccc(-c4c5ccccc5c(-c5ccc6c(ccc7ccccc76)c5)c5ccccc45)cc3)cccc2-c2c1c1ccccc1c1ccccc21. The first kappa shape index (κ1) is 32.2. The molecule has 12 rings (SSSR count). The molecule has 0 amide bonds. The Bertz CT molecular complexity index is 3410. The van der Waals surface area contributed by atoms with Crippen LogP contribution in [0.25, 0.3) is 109 Å². The lowest BCUT2D eigenvalue weighted by Crippen LogP contribution is -2.17. The summed E-state index contributed by atoms with van der Waals surface area (Å²) in [4.78, 5) is 0. The summed E-state index contributed by atoms with van der Waals surface area (Å²) in [6.07, 6.45) is 0. The lowest BCUT2D eigenvalue weighted by Gasteiger charge is -2.26. The molecule has 0 heteroatoms. The Balaban J connectivity index is 1.03. The quantitative estimate of drug-likeness (QED) is 0.126. The van der Waals surface area contributed by atoms with E-state index in [2.05, 4.69) is 208 Å². The van der Waals surface area contributed by atoms with E-state index in [1.165, 1.54) is 120 Å². The van der Waals surface area contributed by atoms with Gasteiger partial charge < -0.3 is 0 Å². The Morgan fingerprint density at radius 3 is 1.35 bits per heavy atom. The maximum absolute atomic E-state index is 2.42. The van der Waals surface area contributed by atoms with Crippen LogP contribution < -0.4 is 0 Å². The second-order valence-corrected chi connectivity index (χ2v) is 16.3. The van der Waals surface area contributed by atoms with Gasteiger partial charge in [0.15, 0.2) is 0 Å². The fraction of sp³-hybridized carbons (Fsp3) is 0.0526. The van der Waals surface area contributed by atoms with Crippen molar-refractivity contribution in [2.24, 2.45) is 0 Å². The number of benzene rings is 11. The van der Waals surface area contributed by atoms with Gasteiger partial charge in [0.05, 0.1) is 0 Å². The highest BCUT2D eigenvalue weighted by Crippen LogP contribution is 2.57. The van der Waals surface area contributed by atoms with Crippen molar-refractivity contribution in [1.29, 1.82) is 0 Å². The largest absolute Gasteiger partial charge is 0.0616 e. The average molecular weight is 723 g/mol. The first-order valence-corrected chi connectivity index (χ1v) is 20.1. The summed E-state index contributed by atoms with van der Waals surface area (Å²) in [6, 6.07) is 72.5. The van der Waals surface area contributed by atoms with Gasteiger partial charge in [-0.2, -0.15) is 0 Å². The summed E-state index contributed by atoms with van der Waals surface area (Å²) < 4.78 is 0. The van der Waals surface area contributed by atoms with Crippen LogP contribution in [0.4, 0.5) is 0 Å². The molecule has 0 spiro atoms. The summed E-state index contributed by atoms with van der Waals surface area (Å²) in [6.45, 7) is 4.85. The molecule has 1 aliphatic rings. The topological polar surface area (TPSA) is 0 Å². The predicted octanol–water partition coefficient (Wildman–Crippen LogP) is 15.9. The molecule has 0 unspecified atom stereocenters. The molecule has 0 fully saturated rings. The summed E-state index contributed by atoms with van der Waals surface area (Å²) in [5.74, 6) is 0. The molecule has 0 saturated carbocycles. The molecule has 57 heavy (non-hydrogen) atoms.